The number of hydrogen-bond acceptors (Lipinski definition) is 5. The average molecular weight is 293 g/mol. The molecule has 0 amide bonds. The van der Waals surface area contributed by atoms with E-state index in [1.165, 1.54) is 25.8 Å². The maximum atomic E-state index is 11.3. The summed E-state index contributed by atoms with van der Waals surface area (Å²) in [5.74, 6) is 1.12. The number of nitrogens with zero attached hydrogens (tertiary/aromatic N) is 4. The Morgan fingerprint density at radius 3 is 2.81 bits per heavy atom. The van der Waals surface area contributed by atoms with Crippen LogP contribution in [0.1, 0.15) is 31.9 Å². The van der Waals surface area contributed by atoms with E-state index in [0.717, 1.165) is 19.1 Å². The fourth-order valence-corrected chi connectivity index (χ4v) is 3.24. The maximum absolute atomic E-state index is 11.3. The number of nitrogens with one attached hydrogen (secondary N) is 1. The first-order valence-electron chi connectivity index (χ1n) is 7.78. The molecular weight excluding hydrogens is 270 g/mol. The molecule has 1 saturated heterocycles. The van der Waals surface area contributed by atoms with Crippen molar-refractivity contribution in [1.29, 1.82) is 0 Å². The first-order valence-corrected chi connectivity index (χ1v) is 7.78. The van der Waals surface area contributed by atoms with Crippen molar-refractivity contribution in [2.75, 3.05) is 25.0 Å². The van der Waals surface area contributed by atoms with Crippen molar-refractivity contribution in [2.45, 2.75) is 38.6 Å². The van der Waals surface area contributed by atoms with Crippen molar-refractivity contribution in [3.05, 3.63) is 15.8 Å². The minimum absolute atomic E-state index is 0.136. The highest BCUT2D eigenvalue weighted by Crippen LogP contribution is 2.33. The Labute approximate surface area is 124 Å². The van der Waals surface area contributed by atoms with Gasteiger partial charge in [0.1, 0.15) is 5.69 Å². The van der Waals surface area contributed by atoms with Gasteiger partial charge < -0.3 is 10.2 Å². The van der Waals surface area contributed by atoms with Gasteiger partial charge in [-0.25, -0.2) is 4.68 Å². The maximum Gasteiger partial charge on any atom is 0.333 e. The molecule has 1 saturated carbocycles. The molecule has 1 aromatic rings. The largest absolute Gasteiger partial charge is 0.364 e. The Balaban J connectivity index is 1.64. The summed E-state index contributed by atoms with van der Waals surface area (Å²) in [5, 5.41) is 18.8. The molecule has 2 fully saturated rings. The predicted molar refractivity (Wildman–Crippen MR) is 80.4 cm³/mol. The van der Waals surface area contributed by atoms with Gasteiger partial charge in [0, 0.05) is 26.2 Å². The number of hydrogen-bond donors (Lipinski definition) is 1. The second-order valence-electron chi connectivity index (χ2n) is 6.14. The van der Waals surface area contributed by atoms with E-state index in [1.807, 2.05) is 6.92 Å². The third-order valence-corrected chi connectivity index (χ3v) is 4.55. The zero-order valence-electron chi connectivity index (χ0n) is 12.7. The Bertz CT molecular complexity index is 538. The quantitative estimate of drug-likeness (QED) is 0.639. The summed E-state index contributed by atoms with van der Waals surface area (Å²) >= 11 is 0. The molecule has 7 heteroatoms. The molecule has 1 unspecified atom stereocenters. The van der Waals surface area contributed by atoms with Crippen molar-refractivity contribution in [1.82, 2.24) is 14.7 Å². The van der Waals surface area contributed by atoms with Crippen molar-refractivity contribution < 1.29 is 4.92 Å². The number of likely N-dealkylation sites (tertiary alicyclic amines) is 1. The zero-order valence-corrected chi connectivity index (χ0v) is 12.7. The van der Waals surface area contributed by atoms with Gasteiger partial charge in [0.25, 0.3) is 0 Å². The molecule has 1 aliphatic carbocycles. The minimum atomic E-state index is -0.320. The van der Waals surface area contributed by atoms with Gasteiger partial charge >= 0.3 is 5.69 Å². The highest BCUT2D eigenvalue weighted by molar-refractivity contribution is 5.59. The molecule has 7 nitrogen and oxygen atoms in total. The van der Waals surface area contributed by atoms with Crippen molar-refractivity contribution in [3.8, 4) is 0 Å². The Hall–Kier alpha value is -1.63. The van der Waals surface area contributed by atoms with E-state index in [1.54, 1.807) is 11.7 Å². The van der Waals surface area contributed by atoms with Gasteiger partial charge in [0.05, 0.1) is 4.92 Å². The normalized spacial score (nSPS) is 22.7. The fraction of sp³-hybridized carbons (Fsp3) is 0.786. The highest BCUT2D eigenvalue weighted by atomic mass is 16.6. The molecule has 0 aromatic carbocycles. The lowest BCUT2D eigenvalue weighted by Crippen LogP contribution is -2.25. The van der Waals surface area contributed by atoms with Crippen LogP contribution in [0.2, 0.25) is 0 Å². The summed E-state index contributed by atoms with van der Waals surface area (Å²) in [6.07, 6.45) is 4.43. The number of nitro groups is 1. The summed E-state index contributed by atoms with van der Waals surface area (Å²) in [7, 11) is 1.76. The third kappa shape index (κ3) is 2.88. The van der Waals surface area contributed by atoms with E-state index < -0.39 is 0 Å². The van der Waals surface area contributed by atoms with Gasteiger partial charge in [-0.15, -0.1) is 0 Å². The van der Waals surface area contributed by atoms with Crippen molar-refractivity contribution in [2.24, 2.45) is 13.0 Å². The van der Waals surface area contributed by atoms with Gasteiger partial charge in [-0.05, 0) is 38.1 Å². The number of aromatic nitrogens is 2. The van der Waals surface area contributed by atoms with Crippen LogP contribution in [-0.2, 0) is 13.5 Å². The molecule has 1 aromatic heterocycles. The van der Waals surface area contributed by atoms with E-state index in [2.05, 4.69) is 15.3 Å². The molecule has 0 radical (unpaired) electrons. The molecule has 1 atom stereocenters. The van der Waals surface area contributed by atoms with Crippen LogP contribution in [0.5, 0.6) is 0 Å². The van der Waals surface area contributed by atoms with Crippen LogP contribution in [0.4, 0.5) is 11.5 Å². The van der Waals surface area contributed by atoms with Gasteiger partial charge in [0.2, 0.25) is 5.82 Å². The number of anilines is 1. The summed E-state index contributed by atoms with van der Waals surface area (Å²) in [4.78, 5) is 13.5. The predicted octanol–water partition coefficient (Wildman–Crippen LogP) is 1.79. The Morgan fingerprint density at radius 1 is 1.43 bits per heavy atom. The highest BCUT2D eigenvalue weighted by Gasteiger charge is 2.34. The van der Waals surface area contributed by atoms with Crippen LogP contribution in [0.15, 0.2) is 0 Å². The number of rotatable bonds is 6. The van der Waals surface area contributed by atoms with Crippen LogP contribution in [-0.4, -0.2) is 45.3 Å². The van der Waals surface area contributed by atoms with Crippen LogP contribution < -0.4 is 5.32 Å². The standard InChI is InChI=1S/C14H23N5O2/c1-3-12-13(19(20)21)14(17(2)16-12)15-8-10-6-7-18(9-10)11-4-5-11/h10-11,15H,3-9H2,1-2H3. The lowest BCUT2D eigenvalue weighted by atomic mass is 10.1. The zero-order chi connectivity index (χ0) is 15.0. The molecule has 2 heterocycles. The Kier molecular flexibility index (Phi) is 3.84. The van der Waals surface area contributed by atoms with Gasteiger partial charge in [-0.3, -0.25) is 10.1 Å². The van der Waals surface area contributed by atoms with Crippen molar-refractivity contribution >= 4 is 11.5 Å². The van der Waals surface area contributed by atoms with E-state index in [0.29, 0.717) is 23.9 Å². The van der Waals surface area contributed by atoms with Crippen LogP contribution in [0.3, 0.4) is 0 Å². The first-order chi connectivity index (χ1) is 10.1. The summed E-state index contributed by atoms with van der Waals surface area (Å²) in [6.45, 7) is 4.96. The van der Waals surface area contributed by atoms with Crippen molar-refractivity contribution in [3.63, 3.8) is 0 Å². The molecule has 2 aliphatic rings. The van der Waals surface area contributed by atoms with Crippen LogP contribution in [0.25, 0.3) is 0 Å². The minimum Gasteiger partial charge on any atom is -0.364 e. The lowest BCUT2D eigenvalue weighted by Gasteiger charge is -2.15. The first kappa shape index (κ1) is 14.3. The van der Waals surface area contributed by atoms with Gasteiger partial charge in [-0.1, -0.05) is 6.92 Å². The lowest BCUT2D eigenvalue weighted by molar-refractivity contribution is -0.384. The second-order valence-corrected chi connectivity index (χ2v) is 6.14. The third-order valence-electron chi connectivity index (χ3n) is 4.55. The number of aryl methyl sites for hydroxylation is 2. The van der Waals surface area contributed by atoms with Crippen LogP contribution in [0, 0.1) is 16.0 Å². The molecule has 1 N–H and O–H groups in total. The van der Waals surface area contributed by atoms with Crippen LogP contribution >= 0.6 is 0 Å². The van der Waals surface area contributed by atoms with E-state index in [-0.39, 0.29) is 10.6 Å². The summed E-state index contributed by atoms with van der Waals surface area (Å²) < 4.78 is 1.60. The Morgan fingerprint density at radius 2 is 2.19 bits per heavy atom. The molecule has 116 valence electrons. The van der Waals surface area contributed by atoms with Gasteiger partial charge in [0.15, 0.2) is 0 Å². The summed E-state index contributed by atoms with van der Waals surface area (Å²) in [6, 6.07) is 0.813. The summed E-state index contributed by atoms with van der Waals surface area (Å²) in [5.41, 5.74) is 0.688. The molecular formula is C14H23N5O2. The van der Waals surface area contributed by atoms with E-state index in [4.69, 9.17) is 0 Å². The molecule has 21 heavy (non-hydrogen) atoms. The van der Waals surface area contributed by atoms with E-state index >= 15 is 0 Å². The molecule has 0 bridgehead atoms. The molecule has 0 spiro atoms. The monoisotopic (exact) mass is 293 g/mol. The molecule has 3 rings (SSSR count). The fourth-order valence-electron chi connectivity index (χ4n) is 3.24. The smallest absolute Gasteiger partial charge is 0.333 e. The molecule has 1 aliphatic heterocycles. The topological polar surface area (TPSA) is 76.2 Å². The van der Waals surface area contributed by atoms with Gasteiger partial charge in [-0.2, -0.15) is 5.10 Å². The SMILES string of the molecule is CCc1nn(C)c(NCC2CCN(C3CC3)C2)c1[N+](=O)[O-]. The average Bonchev–Trinajstić information content (AvgIpc) is 3.10. The van der Waals surface area contributed by atoms with E-state index in [9.17, 15) is 10.1 Å². The second kappa shape index (κ2) is 5.63.